The van der Waals surface area contributed by atoms with E-state index in [4.69, 9.17) is 0 Å². The first-order valence-electron chi connectivity index (χ1n) is 8.61. The molecule has 126 valence electrons. The molecular weight excluding hydrogens is 312 g/mol. The standard InChI is InChI=1S/C20H20N4O/c25-20-16(13-21-17-9-5-2-6-10-17)11-12-19(20)24-14-18(22-23-24)15-7-3-1-4-8-15/h1-10,14,16,19,21H,11-13H2. The van der Waals surface area contributed by atoms with E-state index in [1.807, 2.05) is 66.9 Å². The van der Waals surface area contributed by atoms with Gasteiger partial charge in [0.25, 0.3) is 0 Å². The second kappa shape index (κ2) is 6.89. The molecule has 2 aromatic carbocycles. The number of nitrogens with zero attached hydrogens (tertiary/aromatic N) is 3. The summed E-state index contributed by atoms with van der Waals surface area (Å²) in [6.07, 6.45) is 3.58. The summed E-state index contributed by atoms with van der Waals surface area (Å²) in [5.41, 5.74) is 2.87. The van der Waals surface area contributed by atoms with E-state index in [-0.39, 0.29) is 17.7 Å². The van der Waals surface area contributed by atoms with Crippen molar-refractivity contribution in [2.45, 2.75) is 18.9 Å². The summed E-state index contributed by atoms with van der Waals surface area (Å²) in [6.45, 7) is 0.666. The highest BCUT2D eigenvalue weighted by Gasteiger charge is 2.35. The molecule has 4 rings (SSSR count). The normalized spacial score (nSPS) is 19.9. The summed E-state index contributed by atoms with van der Waals surface area (Å²) in [4.78, 5) is 12.7. The second-order valence-electron chi connectivity index (χ2n) is 6.39. The third kappa shape index (κ3) is 3.31. The number of aromatic nitrogens is 3. The van der Waals surface area contributed by atoms with Gasteiger partial charge in [-0.25, -0.2) is 4.68 Å². The van der Waals surface area contributed by atoms with E-state index in [1.165, 1.54) is 0 Å². The van der Waals surface area contributed by atoms with Crippen LogP contribution in [0.25, 0.3) is 11.3 Å². The van der Waals surface area contributed by atoms with Crippen LogP contribution in [-0.4, -0.2) is 27.3 Å². The summed E-state index contributed by atoms with van der Waals surface area (Å²) in [7, 11) is 0. The Balaban J connectivity index is 1.42. The summed E-state index contributed by atoms with van der Waals surface area (Å²) in [6, 6.07) is 19.7. The molecule has 2 atom stereocenters. The molecule has 1 heterocycles. The van der Waals surface area contributed by atoms with Gasteiger partial charge in [-0.3, -0.25) is 4.79 Å². The van der Waals surface area contributed by atoms with Crippen LogP contribution in [0.5, 0.6) is 0 Å². The molecule has 1 aliphatic carbocycles. The third-order valence-electron chi connectivity index (χ3n) is 4.74. The first-order valence-corrected chi connectivity index (χ1v) is 8.61. The van der Waals surface area contributed by atoms with Gasteiger partial charge in [0.15, 0.2) is 5.78 Å². The molecule has 3 aromatic rings. The van der Waals surface area contributed by atoms with Gasteiger partial charge in [-0.05, 0) is 25.0 Å². The van der Waals surface area contributed by atoms with Crippen molar-refractivity contribution < 1.29 is 4.79 Å². The van der Waals surface area contributed by atoms with Crippen molar-refractivity contribution in [2.24, 2.45) is 5.92 Å². The molecule has 2 unspecified atom stereocenters. The lowest BCUT2D eigenvalue weighted by Crippen LogP contribution is -2.23. The number of anilines is 1. The molecule has 1 aromatic heterocycles. The predicted molar refractivity (Wildman–Crippen MR) is 97.2 cm³/mol. The largest absolute Gasteiger partial charge is 0.384 e. The van der Waals surface area contributed by atoms with Crippen LogP contribution in [0.15, 0.2) is 66.9 Å². The van der Waals surface area contributed by atoms with Crippen molar-refractivity contribution >= 4 is 11.5 Å². The lowest BCUT2D eigenvalue weighted by Gasteiger charge is -2.12. The molecule has 1 saturated carbocycles. The Hall–Kier alpha value is -2.95. The minimum atomic E-state index is -0.201. The predicted octanol–water partition coefficient (Wildman–Crippen LogP) is 3.58. The van der Waals surface area contributed by atoms with Gasteiger partial charge in [0.1, 0.15) is 11.7 Å². The topological polar surface area (TPSA) is 59.8 Å². The summed E-state index contributed by atoms with van der Waals surface area (Å²) in [5.74, 6) is 0.266. The monoisotopic (exact) mass is 332 g/mol. The van der Waals surface area contributed by atoms with Gasteiger partial charge in [0.05, 0.1) is 6.20 Å². The number of nitrogens with one attached hydrogen (secondary N) is 1. The highest BCUT2D eigenvalue weighted by Crippen LogP contribution is 2.31. The maximum atomic E-state index is 12.7. The molecule has 5 nitrogen and oxygen atoms in total. The van der Waals surface area contributed by atoms with E-state index in [1.54, 1.807) is 4.68 Å². The van der Waals surface area contributed by atoms with Gasteiger partial charge in [0.2, 0.25) is 0 Å². The van der Waals surface area contributed by atoms with E-state index in [2.05, 4.69) is 15.6 Å². The van der Waals surface area contributed by atoms with Crippen LogP contribution < -0.4 is 5.32 Å². The molecule has 5 heteroatoms. The highest BCUT2D eigenvalue weighted by atomic mass is 16.1. The molecule has 1 fully saturated rings. The number of benzene rings is 2. The van der Waals surface area contributed by atoms with E-state index in [0.717, 1.165) is 29.8 Å². The van der Waals surface area contributed by atoms with Gasteiger partial charge >= 0.3 is 0 Å². The molecular formula is C20H20N4O. The Labute approximate surface area is 146 Å². The molecule has 1 N–H and O–H groups in total. The number of carbonyl (C=O) groups excluding carboxylic acids is 1. The smallest absolute Gasteiger partial charge is 0.162 e. The van der Waals surface area contributed by atoms with E-state index < -0.39 is 0 Å². The molecule has 0 aliphatic heterocycles. The molecule has 0 spiro atoms. The van der Waals surface area contributed by atoms with Crippen LogP contribution >= 0.6 is 0 Å². The lowest BCUT2D eigenvalue weighted by atomic mass is 10.1. The zero-order valence-corrected chi connectivity index (χ0v) is 13.9. The molecule has 25 heavy (non-hydrogen) atoms. The fourth-order valence-electron chi connectivity index (χ4n) is 3.35. The Morgan fingerprint density at radius 2 is 1.72 bits per heavy atom. The summed E-state index contributed by atoms with van der Waals surface area (Å²) >= 11 is 0. The Kier molecular flexibility index (Phi) is 4.29. The van der Waals surface area contributed by atoms with E-state index in [9.17, 15) is 4.79 Å². The number of ketones is 1. The van der Waals surface area contributed by atoms with Crippen LogP contribution in [0.3, 0.4) is 0 Å². The molecule has 0 saturated heterocycles. The van der Waals surface area contributed by atoms with Crippen LogP contribution in [0.1, 0.15) is 18.9 Å². The van der Waals surface area contributed by atoms with Gasteiger partial charge < -0.3 is 5.32 Å². The number of carbonyl (C=O) groups is 1. The fourth-order valence-corrected chi connectivity index (χ4v) is 3.35. The van der Waals surface area contributed by atoms with Crippen molar-refractivity contribution in [3.63, 3.8) is 0 Å². The maximum absolute atomic E-state index is 12.7. The summed E-state index contributed by atoms with van der Waals surface area (Å²) in [5, 5.41) is 11.8. The number of hydrogen-bond donors (Lipinski definition) is 1. The van der Waals surface area contributed by atoms with Crippen molar-refractivity contribution in [1.29, 1.82) is 0 Å². The Morgan fingerprint density at radius 1 is 1.00 bits per heavy atom. The Morgan fingerprint density at radius 3 is 2.48 bits per heavy atom. The van der Waals surface area contributed by atoms with Gasteiger partial charge in [-0.1, -0.05) is 53.7 Å². The van der Waals surface area contributed by atoms with Crippen LogP contribution in [-0.2, 0) is 4.79 Å². The minimum absolute atomic E-state index is 0.0228. The number of Topliss-reactive ketones (excluding diaryl/α,β-unsaturated/α-hetero) is 1. The molecule has 1 aliphatic rings. The Bertz CT molecular complexity index is 844. The quantitative estimate of drug-likeness (QED) is 0.776. The van der Waals surface area contributed by atoms with Crippen LogP contribution in [0.4, 0.5) is 5.69 Å². The average molecular weight is 332 g/mol. The van der Waals surface area contributed by atoms with Crippen LogP contribution in [0, 0.1) is 5.92 Å². The van der Waals surface area contributed by atoms with Gasteiger partial charge in [0, 0.05) is 23.7 Å². The van der Waals surface area contributed by atoms with Crippen molar-refractivity contribution in [3.05, 3.63) is 66.9 Å². The highest BCUT2D eigenvalue weighted by molar-refractivity contribution is 5.87. The van der Waals surface area contributed by atoms with Crippen molar-refractivity contribution in [1.82, 2.24) is 15.0 Å². The fraction of sp³-hybridized carbons (Fsp3) is 0.250. The molecule has 0 amide bonds. The van der Waals surface area contributed by atoms with Gasteiger partial charge in [-0.2, -0.15) is 0 Å². The minimum Gasteiger partial charge on any atom is -0.384 e. The zero-order valence-electron chi connectivity index (χ0n) is 13.9. The van der Waals surface area contributed by atoms with E-state index in [0.29, 0.717) is 6.54 Å². The lowest BCUT2D eigenvalue weighted by molar-refractivity contribution is -0.123. The van der Waals surface area contributed by atoms with Crippen molar-refractivity contribution in [2.75, 3.05) is 11.9 Å². The maximum Gasteiger partial charge on any atom is 0.162 e. The van der Waals surface area contributed by atoms with Crippen molar-refractivity contribution in [3.8, 4) is 11.3 Å². The number of hydrogen-bond acceptors (Lipinski definition) is 4. The molecule has 0 bridgehead atoms. The molecule has 0 radical (unpaired) electrons. The second-order valence-corrected chi connectivity index (χ2v) is 6.39. The SMILES string of the molecule is O=C1C(CNc2ccccc2)CCC1n1cc(-c2ccccc2)nn1. The van der Waals surface area contributed by atoms with E-state index >= 15 is 0 Å². The first kappa shape index (κ1) is 15.6. The van der Waals surface area contributed by atoms with Crippen LogP contribution in [0.2, 0.25) is 0 Å². The summed E-state index contributed by atoms with van der Waals surface area (Å²) < 4.78 is 1.73. The third-order valence-corrected chi connectivity index (χ3v) is 4.74. The average Bonchev–Trinajstić information content (AvgIpc) is 3.28. The van der Waals surface area contributed by atoms with Gasteiger partial charge in [-0.15, -0.1) is 5.10 Å². The zero-order chi connectivity index (χ0) is 17.1. The number of para-hydroxylation sites is 1. The number of rotatable bonds is 5. The first-order chi connectivity index (χ1) is 12.3.